The number of aliphatic imine (C=N–C) groups is 1. The van der Waals surface area contributed by atoms with E-state index in [9.17, 15) is 0 Å². The summed E-state index contributed by atoms with van der Waals surface area (Å²) in [6.07, 6.45) is 0. The highest BCUT2D eigenvalue weighted by molar-refractivity contribution is 14.0. The summed E-state index contributed by atoms with van der Waals surface area (Å²) in [7, 11) is 3.75. The van der Waals surface area contributed by atoms with Crippen LogP contribution in [0.5, 0.6) is 5.75 Å². The summed E-state index contributed by atoms with van der Waals surface area (Å²) in [5.74, 6) is 2.41. The molecular formula is C16H28IN3O. The average Bonchev–Trinajstić information content (AvgIpc) is 2.44. The van der Waals surface area contributed by atoms with E-state index in [1.807, 2.05) is 12.1 Å². The van der Waals surface area contributed by atoms with E-state index in [2.05, 4.69) is 55.2 Å². The average molecular weight is 405 g/mol. The second-order valence-electron chi connectivity index (χ2n) is 5.29. The zero-order chi connectivity index (χ0) is 15.0. The lowest BCUT2D eigenvalue weighted by atomic mass is 10.2. The van der Waals surface area contributed by atoms with E-state index in [1.165, 1.54) is 5.56 Å². The normalized spacial score (nSPS) is 11.0. The van der Waals surface area contributed by atoms with Gasteiger partial charge in [-0.3, -0.25) is 4.99 Å². The van der Waals surface area contributed by atoms with Gasteiger partial charge in [0.05, 0.1) is 7.11 Å². The Labute approximate surface area is 146 Å². The molecule has 0 fully saturated rings. The number of rotatable bonds is 6. The summed E-state index contributed by atoms with van der Waals surface area (Å²) < 4.78 is 5.18. The number of methoxy groups -OCH3 is 1. The number of nitrogens with zero attached hydrogens (tertiary/aromatic N) is 2. The first kappa shape index (κ1) is 20.0. The van der Waals surface area contributed by atoms with Gasteiger partial charge < -0.3 is 15.0 Å². The molecule has 120 valence electrons. The second kappa shape index (κ2) is 10.7. The molecule has 0 spiro atoms. The molecule has 0 atom stereocenters. The van der Waals surface area contributed by atoms with Crippen molar-refractivity contribution in [2.24, 2.45) is 10.9 Å². The molecule has 5 heteroatoms. The van der Waals surface area contributed by atoms with Crippen molar-refractivity contribution in [2.45, 2.75) is 27.3 Å². The first-order valence-electron chi connectivity index (χ1n) is 7.19. The number of nitrogens with one attached hydrogen (secondary N) is 1. The Bertz CT molecular complexity index is 418. The molecule has 0 aromatic heterocycles. The fraction of sp³-hybridized carbons (Fsp3) is 0.562. The molecule has 0 bridgehead atoms. The fourth-order valence-corrected chi connectivity index (χ4v) is 1.82. The first-order valence-corrected chi connectivity index (χ1v) is 7.19. The third kappa shape index (κ3) is 7.55. The van der Waals surface area contributed by atoms with E-state index in [1.54, 1.807) is 7.11 Å². The Morgan fingerprint density at radius 2 is 1.90 bits per heavy atom. The van der Waals surface area contributed by atoms with Crippen molar-refractivity contribution in [3.63, 3.8) is 0 Å². The van der Waals surface area contributed by atoms with Crippen LogP contribution in [-0.4, -0.2) is 38.1 Å². The van der Waals surface area contributed by atoms with Crippen LogP contribution >= 0.6 is 24.0 Å². The van der Waals surface area contributed by atoms with Crippen LogP contribution in [0.1, 0.15) is 26.3 Å². The maximum absolute atomic E-state index is 5.18. The molecule has 0 aliphatic rings. The molecule has 0 saturated heterocycles. The van der Waals surface area contributed by atoms with Crippen LogP contribution in [0.2, 0.25) is 0 Å². The van der Waals surface area contributed by atoms with Crippen molar-refractivity contribution in [3.8, 4) is 5.75 Å². The van der Waals surface area contributed by atoms with Crippen molar-refractivity contribution < 1.29 is 4.74 Å². The molecule has 1 N–H and O–H groups in total. The molecule has 0 amide bonds. The van der Waals surface area contributed by atoms with E-state index in [0.717, 1.165) is 31.3 Å². The van der Waals surface area contributed by atoms with Crippen LogP contribution < -0.4 is 10.1 Å². The van der Waals surface area contributed by atoms with Gasteiger partial charge in [-0.25, -0.2) is 0 Å². The van der Waals surface area contributed by atoms with Gasteiger partial charge in [-0.05, 0) is 30.5 Å². The molecular weight excluding hydrogens is 377 g/mol. The third-order valence-corrected chi connectivity index (χ3v) is 2.88. The van der Waals surface area contributed by atoms with Gasteiger partial charge in [-0.1, -0.05) is 26.0 Å². The number of ether oxygens (including phenoxy) is 1. The van der Waals surface area contributed by atoms with Gasteiger partial charge in [-0.2, -0.15) is 0 Å². The Balaban J connectivity index is 0.00000400. The number of halogens is 1. The lowest BCUT2D eigenvalue weighted by Gasteiger charge is -2.22. The maximum atomic E-state index is 5.18. The van der Waals surface area contributed by atoms with Gasteiger partial charge in [-0.15, -0.1) is 24.0 Å². The Morgan fingerprint density at radius 3 is 2.38 bits per heavy atom. The van der Waals surface area contributed by atoms with Crippen molar-refractivity contribution in [2.75, 3.05) is 27.2 Å². The molecule has 0 radical (unpaired) electrons. The topological polar surface area (TPSA) is 36.9 Å². The van der Waals surface area contributed by atoms with Crippen LogP contribution in [0.3, 0.4) is 0 Å². The summed E-state index contributed by atoms with van der Waals surface area (Å²) in [5.41, 5.74) is 1.24. The second-order valence-corrected chi connectivity index (χ2v) is 5.29. The molecule has 1 aromatic carbocycles. The zero-order valence-corrected chi connectivity index (χ0v) is 16.0. The van der Waals surface area contributed by atoms with Crippen LogP contribution in [0.15, 0.2) is 29.3 Å². The molecule has 0 unspecified atom stereocenters. The van der Waals surface area contributed by atoms with Crippen molar-refractivity contribution in [1.29, 1.82) is 0 Å². The van der Waals surface area contributed by atoms with E-state index < -0.39 is 0 Å². The first-order chi connectivity index (χ1) is 9.56. The molecule has 1 rings (SSSR count). The highest BCUT2D eigenvalue weighted by atomic mass is 127. The molecule has 0 aliphatic carbocycles. The Morgan fingerprint density at radius 1 is 1.29 bits per heavy atom. The molecule has 4 nitrogen and oxygen atoms in total. The highest BCUT2D eigenvalue weighted by Crippen LogP contribution is 2.12. The predicted octanol–water partition coefficient (Wildman–Crippen LogP) is 3.37. The number of guanidine groups is 1. The van der Waals surface area contributed by atoms with Gasteiger partial charge in [0.15, 0.2) is 5.96 Å². The zero-order valence-electron chi connectivity index (χ0n) is 13.7. The molecule has 0 saturated carbocycles. The van der Waals surface area contributed by atoms with Gasteiger partial charge in [0.25, 0.3) is 0 Å². The smallest absolute Gasteiger partial charge is 0.193 e. The molecule has 21 heavy (non-hydrogen) atoms. The summed E-state index contributed by atoms with van der Waals surface area (Å²) in [5, 5.41) is 3.33. The summed E-state index contributed by atoms with van der Waals surface area (Å²) in [6.45, 7) is 8.99. The summed E-state index contributed by atoms with van der Waals surface area (Å²) in [6, 6.07) is 8.14. The summed E-state index contributed by atoms with van der Waals surface area (Å²) in [4.78, 5) is 6.80. The fourth-order valence-electron chi connectivity index (χ4n) is 1.82. The van der Waals surface area contributed by atoms with E-state index in [-0.39, 0.29) is 24.0 Å². The van der Waals surface area contributed by atoms with E-state index >= 15 is 0 Å². The number of hydrogen-bond acceptors (Lipinski definition) is 2. The maximum Gasteiger partial charge on any atom is 0.193 e. The monoisotopic (exact) mass is 405 g/mol. The molecule has 0 heterocycles. The Kier molecular flexibility index (Phi) is 10.2. The van der Waals surface area contributed by atoms with Gasteiger partial charge in [0.1, 0.15) is 5.75 Å². The molecule has 0 aliphatic heterocycles. The minimum atomic E-state index is 0. The lowest BCUT2D eigenvalue weighted by Crippen LogP contribution is -2.38. The molecule has 1 aromatic rings. The summed E-state index contributed by atoms with van der Waals surface area (Å²) >= 11 is 0. The van der Waals surface area contributed by atoms with E-state index in [4.69, 9.17) is 4.74 Å². The van der Waals surface area contributed by atoms with Crippen LogP contribution in [0.4, 0.5) is 0 Å². The largest absolute Gasteiger partial charge is 0.497 e. The number of benzene rings is 1. The quantitative estimate of drug-likeness (QED) is 0.448. The SMILES string of the molecule is CCNC(=NCC(C)C)N(C)Cc1ccc(OC)cc1.I. The van der Waals surface area contributed by atoms with Crippen molar-refractivity contribution >= 4 is 29.9 Å². The van der Waals surface area contributed by atoms with E-state index in [0.29, 0.717) is 5.92 Å². The van der Waals surface area contributed by atoms with Gasteiger partial charge >= 0.3 is 0 Å². The van der Waals surface area contributed by atoms with Crippen LogP contribution in [0.25, 0.3) is 0 Å². The van der Waals surface area contributed by atoms with Crippen LogP contribution in [0, 0.1) is 5.92 Å². The lowest BCUT2D eigenvalue weighted by molar-refractivity contribution is 0.414. The van der Waals surface area contributed by atoms with Crippen LogP contribution in [-0.2, 0) is 6.54 Å². The standard InChI is InChI=1S/C16H27N3O.HI/c1-6-17-16(18-11-13(2)3)19(4)12-14-7-9-15(20-5)10-8-14;/h7-10,13H,6,11-12H2,1-5H3,(H,17,18);1H. The minimum absolute atomic E-state index is 0. The third-order valence-electron chi connectivity index (χ3n) is 2.88. The minimum Gasteiger partial charge on any atom is -0.497 e. The Hall–Kier alpha value is -0.980. The van der Waals surface area contributed by atoms with Gasteiger partial charge in [0, 0.05) is 26.7 Å². The van der Waals surface area contributed by atoms with Gasteiger partial charge in [0.2, 0.25) is 0 Å². The number of hydrogen-bond donors (Lipinski definition) is 1. The van der Waals surface area contributed by atoms with Crippen molar-refractivity contribution in [3.05, 3.63) is 29.8 Å². The highest BCUT2D eigenvalue weighted by Gasteiger charge is 2.07. The predicted molar refractivity (Wildman–Crippen MR) is 101 cm³/mol. The van der Waals surface area contributed by atoms with Crippen molar-refractivity contribution in [1.82, 2.24) is 10.2 Å².